The molecule has 1 aromatic heterocycles. The van der Waals surface area contributed by atoms with E-state index in [4.69, 9.17) is 9.84 Å². The molecule has 0 aliphatic rings. The molecule has 0 radical (unpaired) electrons. The van der Waals surface area contributed by atoms with Crippen LogP contribution in [-0.2, 0) is 6.61 Å². The first-order valence-corrected chi connectivity index (χ1v) is 5.50. The van der Waals surface area contributed by atoms with E-state index >= 15 is 0 Å². The predicted octanol–water partition coefficient (Wildman–Crippen LogP) is 2.98. The van der Waals surface area contributed by atoms with Gasteiger partial charge < -0.3 is 9.84 Å². The van der Waals surface area contributed by atoms with E-state index in [2.05, 4.69) is 4.98 Å². The SMILES string of the molecule is Cc1cccc(Oc2ncc(CO)cc2C)c1. The molecule has 3 nitrogen and oxygen atoms in total. The third kappa shape index (κ3) is 2.82. The van der Waals surface area contributed by atoms with E-state index in [0.29, 0.717) is 5.88 Å². The van der Waals surface area contributed by atoms with Gasteiger partial charge in [-0.3, -0.25) is 0 Å². The molecule has 1 heterocycles. The third-order valence-electron chi connectivity index (χ3n) is 2.47. The Morgan fingerprint density at radius 2 is 2.06 bits per heavy atom. The van der Waals surface area contributed by atoms with Crippen molar-refractivity contribution in [3.05, 3.63) is 53.2 Å². The topological polar surface area (TPSA) is 42.4 Å². The molecule has 88 valence electrons. The number of pyridine rings is 1. The third-order valence-corrected chi connectivity index (χ3v) is 2.47. The van der Waals surface area contributed by atoms with Crippen LogP contribution in [0.4, 0.5) is 0 Å². The summed E-state index contributed by atoms with van der Waals surface area (Å²) in [5.41, 5.74) is 2.85. The summed E-state index contributed by atoms with van der Waals surface area (Å²) in [4.78, 5) is 4.19. The highest BCUT2D eigenvalue weighted by Gasteiger charge is 2.04. The normalized spacial score (nSPS) is 10.3. The first kappa shape index (κ1) is 11.6. The minimum atomic E-state index is -0.00142. The molecular formula is C14H15NO2. The van der Waals surface area contributed by atoms with Crippen LogP contribution in [0.15, 0.2) is 36.5 Å². The molecule has 0 saturated heterocycles. The van der Waals surface area contributed by atoms with Gasteiger partial charge in [-0.15, -0.1) is 0 Å². The number of ether oxygens (including phenoxy) is 1. The lowest BCUT2D eigenvalue weighted by Gasteiger charge is -2.08. The minimum Gasteiger partial charge on any atom is -0.439 e. The van der Waals surface area contributed by atoms with Crippen LogP contribution in [-0.4, -0.2) is 10.1 Å². The number of aliphatic hydroxyl groups is 1. The Kier molecular flexibility index (Phi) is 3.40. The lowest BCUT2D eigenvalue weighted by Crippen LogP contribution is -1.94. The molecular weight excluding hydrogens is 214 g/mol. The van der Waals surface area contributed by atoms with E-state index in [1.165, 1.54) is 0 Å². The zero-order valence-electron chi connectivity index (χ0n) is 9.97. The molecule has 2 rings (SSSR count). The summed E-state index contributed by atoms with van der Waals surface area (Å²) in [7, 11) is 0. The average Bonchev–Trinajstić information content (AvgIpc) is 2.32. The number of aryl methyl sites for hydroxylation is 2. The molecule has 0 aliphatic carbocycles. The molecule has 0 amide bonds. The van der Waals surface area contributed by atoms with Crippen LogP contribution in [0.1, 0.15) is 16.7 Å². The van der Waals surface area contributed by atoms with Gasteiger partial charge in [0.05, 0.1) is 6.61 Å². The second kappa shape index (κ2) is 4.97. The summed E-state index contributed by atoms with van der Waals surface area (Å²) >= 11 is 0. The molecule has 1 aromatic carbocycles. The van der Waals surface area contributed by atoms with Crippen LogP contribution in [0, 0.1) is 13.8 Å². The molecule has 0 aliphatic heterocycles. The Hall–Kier alpha value is -1.87. The van der Waals surface area contributed by atoms with Gasteiger partial charge in [-0.1, -0.05) is 12.1 Å². The van der Waals surface area contributed by atoms with E-state index in [9.17, 15) is 0 Å². The Balaban J connectivity index is 2.24. The molecule has 0 atom stereocenters. The van der Waals surface area contributed by atoms with Crippen molar-refractivity contribution < 1.29 is 9.84 Å². The van der Waals surface area contributed by atoms with Gasteiger partial charge in [0, 0.05) is 11.8 Å². The second-order valence-corrected chi connectivity index (χ2v) is 4.04. The second-order valence-electron chi connectivity index (χ2n) is 4.04. The summed E-state index contributed by atoms with van der Waals surface area (Å²) in [6, 6.07) is 9.69. The largest absolute Gasteiger partial charge is 0.439 e. The highest BCUT2D eigenvalue weighted by Crippen LogP contribution is 2.23. The first-order valence-electron chi connectivity index (χ1n) is 5.50. The standard InChI is InChI=1S/C14H15NO2/c1-10-4-3-5-13(6-10)17-14-11(2)7-12(9-16)8-15-14/h3-8,16H,9H2,1-2H3. The van der Waals surface area contributed by atoms with Crippen molar-refractivity contribution in [2.45, 2.75) is 20.5 Å². The van der Waals surface area contributed by atoms with Gasteiger partial charge in [0.15, 0.2) is 0 Å². The number of aliphatic hydroxyl groups excluding tert-OH is 1. The van der Waals surface area contributed by atoms with Gasteiger partial charge in [-0.05, 0) is 43.2 Å². The number of hydrogen-bond acceptors (Lipinski definition) is 3. The van der Waals surface area contributed by atoms with Crippen molar-refractivity contribution in [1.82, 2.24) is 4.98 Å². The molecule has 3 heteroatoms. The van der Waals surface area contributed by atoms with Crippen LogP contribution < -0.4 is 4.74 Å². The predicted molar refractivity (Wildman–Crippen MR) is 66.1 cm³/mol. The quantitative estimate of drug-likeness (QED) is 0.879. The maximum atomic E-state index is 9.00. The summed E-state index contributed by atoms with van der Waals surface area (Å²) in [6.45, 7) is 3.93. The Bertz CT molecular complexity index is 523. The maximum Gasteiger partial charge on any atom is 0.222 e. The highest BCUT2D eigenvalue weighted by atomic mass is 16.5. The molecule has 0 spiro atoms. The molecule has 1 N–H and O–H groups in total. The van der Waals surface area contributed by atoms with Crippen LogP contribution in [0.25, 0.3) is 0 Å². The Morgan fingerprint density at radius 3 is 2.71 bits per heavy atom. The zero-order chi connectivity index (χ0) is 12.3. The van der Waals surface area contributed by atoms with Crippen LogP contribution >= 0.6 is 0 Å². The molecule has 0 fully saturated rings. The van der Waals surface area contributed by atoms with Crippen molar-refractivity contribution in [3.63, 3.8) is 0 Å². The summed E-state index contributed by atoms with van der Waals surface area (Å²) < 4.78 is 5.70. The lowest BCUT2D eigenvalue weighted by atomic mass is 10.2. The van der Waals surface area contributed by atoms with Crippen LogP contribution in [0.3, 0.4) is 0 Å². The van der Waals surface area contributed by atoms with E-state index in [0.717, 1.165) is 22.4 Å². The summed E-state index contributed by atoms with van der Waals surface area (Å²) in [5.74, 6) is 1.35. The summed E-state index contributed by atoms with van der Waals surface area (Å²) in [6.07, 6.45) is 1.62. The van der Waals surface area contributed by atoms with Crippen molar-refractivity contribution in [3.8, 4) is 11.6 Å². The van der Waals surface area contributed by atoms with E-state index in [1.54, 1.807) is 6.20 Å². The monoisotopic (exact) mass is 229 g/mol. The first-order chi connectivity index (χ1) is 8.19. The average molecular weight is 229 g/mol. The molecule has 17 heavy (non-hydrogen) atoms. The fourth-order valence-corrected chi connectivity index (χ4v) is 1.60. The number of aromatic nitrogens is 1. The zero-order valence-corrected chi connectivity index (χ0v) is 9.97. The number of nitrogens with zero attached hydrogens (tertiary/aromatic N) is 1. The van der Waals surface area contributed by atoms with Crippen molar-refractivity contribution in [1.29, 1.82) is 0 Å². The fraction of sp³-hybridized carbons (Fsp3) is 0.214. The minimum absolute atomic E-state index is 0.00142. The Labute approximate surface area is 101 Å². The number of rotatable bonds is 3. The molecule has 0 bridgehead atoms. The summed E-state index contributed by atoms with van der Waals surface area (Å²) in [5, 5.41) is 9.00. The van der Waals surface area contributed by atoms with Gasteiger partial charge in [-0.25, -0.2) is 4.98 Å². The van der Waals surface area contributed by atoms with Gasteiger partial charge in [0.1, 0.15) is 5.75 Å². The van der Waals surface area contributed by atoms with Gasteiger partial charge in [0.25, 0.3) is 0 Å². The van der Waals surface area contributed by atoms with Gasteiger partial charge in [-0.2, -0.15) is 0 Å². The van der Waals surface area contributed by atoms with Crippen molar-refractivity contribution in [2.24, 2.45) is 0 Å². The van der Waals surface area contributed by atoms with Crippen LogP contribution in [0.2, 0.25) is 0 Å². The van der Waals surface area contributed by atoms with Gasteiger partial charge >= 0.3 is 0 Å². The lowest BCUT2D eigenvalue weighted by molar-refractivity contribution is 0.281. The molecule has 2 aromatic rings. The van der Waals surface area contributed by atoms with E-state index in [1.807, 2.05) is 44.2 Å². The van der Waals surface area contributed by atoms with Crippen LogP contribution in [0.5, 0.6) is 11.6 Å². The number of benzene rings is 1. The van der Waals surface area contributed by atoms with E-state index < -0.39 is 0 Å². The molecule has 0 unspecified atom stereocenters. The smallest absolute Gasteiger partial charge is 0.222 e. The highest BCUT2D eigenvalue weighted by molar-refractivity contribution is 5.35. The van der Waals surface area contributed by atoms with E-state index in [-0.39, 0.29) is 6.61 Å². The Morgan fingerprint density at radius 1 is 1.24 bits per heavy atom. The van der Waals surface area contributed by atoms with Crippen molar-refractivity contribution in [2.75, 3.05) is 0 Å². The maximum absolute atomic E-state index is 9.00. The van der Waals surface area contributed by atoms with Gasteiger partial charge in [0.2, 0.25) is 5.88 Å². The fourth-order valence-electron chi connectivity index (χ4n) is 1.60. The molecule has 0 saturated carbocycles. The number of hydrogen-bond donors (Lipinski definition) is 1. The van der Waals surface area contributed by atoms with Crippen molar-refractivity contribution >= 4 is 0 Å².